The van der Waals surface area contributed by atoms with Crippen LogP contribution in [0.1, 0.15) is 22.7 Å². The van der Waals surface area contributed by atoms with E-state index in [1.807, 2.05) is 0 Å². The molecule has 1 aromatic carbocycles. The van der Waals surface area contributed by atoms with Gasteiger partial charge in [-0.15, -0.1) is 0 Å². The van der Waals surface area contributed by atoms with E-state index in [1.54, 1.807) is 32.0 Å². The standard InChI is InChI=1S/C12H15NO6S/c1-7-4-3-5-8(2)10(7)11(12(15)16)13-9(14)6-20(17,18)19/h3-5,11H,6H2,1-2H3,(H,13,14)(H,15,16)(H,17,18,19)/t11-/m0/s1. The van der Waals surface area contributed by atoms with E-state index in [0.717, 1.165) is 0 Å². The minimum Gasteiger partial charge on any atom is -0.479 e. The van der Waals surface area contributed by atoms with Gasteiger partial charge in [0.2, 0.25) is 5.91 Å². The molecule has 0 radical (unpaired) electrons. The van der Waals surface area contributed by atoms with Gasteiger partial charge < -0.3 is 10.4 Å². The van der Waals surface area contributed by atoms with Crippen LogP contribution in [0.4, 0.5) is 0 Å². The van der Waals surface area contributed by atoms with Crippen LogP contribution in [0, 0.1) is 13.8 Å². The van der Waals surface area contributed by atoms with Gasteiger partial charge >= 0.3 is 5.97 Å². The van der Waals surface area contributed by atoms with Gasteiger partial charge in [-0.05, 0) is 30.5 Å². The zero-order valence-corrected chi connectivity index (χ0v) is 11.8. The maximum Gasteiger partial charge on any atom is 0.330 e. The molecule has 0 aromatic heterocycles. The molecule has 0 spiro atoms. The number of benzene rings is 1. The lowest BCUT2D eigenvalue weighted by molar-refractivity contribution is -0.141. The molecule has 20 heavy (non-hydrogen) atoms. The number of carboxylic acids is 1. The number of nitrogens with one attached hydrogen (secondary N) is 1. The first kappa shape index (κ1) is 16.1. The molecule has 1 atom stereocenters. The molecule has 1 rings (SSSR count). The fourth-order valence-corrected chi connectivity index (χ4v) is 2.32. The summed E-state index contributed by atoms with van der Waals surface area (Å²) in [5.41, 5.74) is 1.71. The Morgan fingerprint density at radius 2 is 1.75 bits per heavy atom. The van der Waals surface area contributed by atoms with E-state index < -0.39 is 33.8 Å². The van der Waals surface area contributed by atoms with E-state index in [4.69, 9.17) is 4.55 Å². The maximum absolute atomic E-state index is 11.5. The molecule has 0 unspecified atom stereocenters. The molecule has 3 N–H and O–H groups in total. The number of carbonyl (C=O) groups is 2. The predicted octanol–water partition coefficient (Wildman–Crippen LogP) is 0.433. The average Bonchev–Trinajstić information content (AvgIpc) is 2.24. The van der Waals surface area contributed by atoms with Crippen LogP contribution in [-0.2, 0) is 19.7 Å². The third-order valence-electron chi connectivity index (χ3n) is 2.70. The molecular weight excluding hydrogens is 286 g/mol. The molecule has 1 amide bonds. The summed E-state index contributed by atoms with van der Waals surface area (Å²) in [5, 5.41) is 11.3. The quantitative estimate of drug-likeness (QED) is 0.678. The van der Waals surface area contributed by atoms with Gasteiger partial charge in [-0.3, -0.25) is 9.35 Å². The van der Waals surface area contributed by atoms with E-state index in [-0.39, 0.29) is 0 Å². The van der Waals surface area contributed by atoms with Gasteiger partial charge in [-0.1, -0.05) is 18.2 Å². The lowest BCUT2D eigenvalue weighted by Crippen LogP contribution is -2.38. The number of rotatable bonds is 5. The highest BCUT2D eigenvalue weighted by Gasteiger charge is 2.26. The first-order valence-electron chi connectivity index (χ1n) is 5.65. The van der Waals surface area contributed by atoms with Crippen LogP contribution in [0.5, 0.6) is 0 Å². The topological polar surface area (TPSA) is 121 Å². The van der Waals surface area contributed by atoms with Crippen molar-refractivity contribution >= 4 is 22.0 Å². The Labute approximate surface area is 116 Å². The summed E-state index contributed by atoms with van der Waals surface area (Å²) >= 11 is 0. The van der Waals surface area contributed by atoms with Crippen LogP contribution < -0.4 is 5.32 Å². The summed E-state index contributed by atoms with van der Waals surface area (Å²) in [6.45, 7) is 3.38. The van der Waals surface area contributed by atoms with Gasteiger partial charge in [-0.2, -0.15) is 8.42 Å². The van der Waals surface area contributed by atoms with Gasteiger partial charge in [-0.25, -0.2) is 4.79 Å². The SMILES string of the molecule is Cc1cccc(C)c1[C@H](NC(=O)CS(=O)(=O)O)C(=O)O. The first-order chi connectivity index (χ1) is 9.11. The van der Waals surface area contributed by atoms with E-state index in [1.165, 1.54) is 0 Å². The molecule has 1 aromatic rings. The first-order valence-corrected chi connectivity index (χ1v) is 7.26. The predicted molar refractivity (Wildman–Crippen MR) is 70.9 cm³/mol. The van der Waals surface area contributed by atoms with Crippen LogP contribution in [0.25, 0.3) is 0 Å². The van der Waals surface area contributed by atoms with Crippen LogP contribution in [0.2, 0.25) is 0 Å². The summed E-state index contributed by atoms with van der Waals surface area (Å²) in [7, 11) is -4.50. The number of hydrogen-bond donors (Lipinski definition) is 3. The summed E-state index contributed by atoms with van der Waals surface area (Å²) in [6, 6.07) is 3.75. The molecule has 0 bridgehead atoms. The zero-order valence-electron chi connectivity index (χ0n) is 11.0. The third kappa shape index (κ3) is 4.32. The van der Waals surface area contributed by atoms with Crippen LogP contribution in [0.15, 0.2) is 18.2 Å². The second-order valence-corrected chi connectivity index (χ2v) is 5.82. The number of hydrogen-bond acceptors (Lipinski definition) is 4. The smallest absolute Gasteiger partial charge is 0.330 e. The lowest BCUT2D eigenvalue weighted by Gasteiger charge is -2.19. The Morgan fingerprint density at radius 3 is 2.15 bits per heavy atom. The fraction of sp³-hybridized carbons (Fsp3) is 0.333. The van der Waals surface area contributed by atoms with Crippen molar-refractivity contribution < 1.29 is 27.7 Å². The lowest BCUT2D eigenvalue weighted by atomic mass is 9.96. The van der Waals surface area contributed by atoms with E-state index in [9.17, 15) is 23.1 Å². The Hall–Kier alpha value is -1.93. The van der Waals surface area contributed by atoms with Crippen molar-refractivity contribution in [3.05, 3.63) is 34.9 Å². The van der Waals surface area contributed by atoms with E-state index in [2.05, 4.69) is 5.32 Å². The number of amides is 1. The van der Waals surface area contributed by atoms with Crippen molar-refractivity contribution in [3.63, 3.8) is 0 Å². The molecule has 0 aliphatic carbocycles. The molecule has 8 heteroatoms. The third-order valence-corrected chi connectivity index (χ3v) is 3.32. The van der Waals surface area contributed by atoms with Crippen LogP contribution in [-0.4, -0.2) is 35.7 Å². The molecule has 0 saturated heterocycles. The number of aliphatic carboxylic acids is 1. The molecule has 7 nitrogen and oxygen atoms in total. The van der Waals surface area contributed by atoms with E-state index in [0.29, 0.717) is 16.7 Å². The Morgan fingerprint density at radius 1 is 1.25 bits per heavy atom. The highest BCUT2D eigenvalue weighted by molar-refractivity contribution is 7.86. The summed E-state index contributed by atoms with van der Waals surface area (Å²) in [6.07, 6.45) is 0. The summed E-state index contributed by atoms with van der Waals surface area (Å²) in [4.78, 5) is 22.7. The largest absolute Gasteiger partial charge is 0.479 e. The second-order valence-electron chi connectivity index (χ2n) is 4.37. The molecular formula is C12H15NO6S. The summed E-state index contributed by atoms with van der Waals surface area (Å²) < 4.78 is 29.8. The highest BCUT2D eigenvalue weighted by atomic mass is 32.2. The Kier molecular flexibility index (Phi) is 4.85. The molecule has 0 saturated carbocycles. The molecule has 0 aliphatic rings. The molecule has 110 valence electrons. The van der Waals surface area contributed by atoms with Gasteiger partial charge in [0, 0.05) is 0 Å². The normalized spacial score (nSPS) is 12.8. The number of carbonyl (C=O) groups excluding carboxylic acids is 1. The van der Waals surface area contributed by atoms with Gasteiger partial charge in [0.05, 0.1) is 0 Å². The van der Waals surface area contributed by atoms with Gasteiger partial charge in [0.15, 0.2) is 11.8 Å². The van der Waals surface area contributed by atoms with Crippen molar-refractivity contribution in [3.8, 4) is 0 Å². The average molecular weight is 301 g/mol. The zero-order chi connectivity index (χ0) is 15.5. The summed E-state index contributed by atoms with van der Waals surface area (Å²) in [5.74, 6) is -3.57. The maximum atomic E-state index is 11.5. The van der Waals surface area contributed by atoms with Gasteiger partial charge in [0.25, 0.3) is 10.1 Å². The minimum absolute atomic E-state index is 0.392. The highest BCUT2D eigenvalue weighted by Crippen LogP contribution is 2.22. The van der Waals surface area contributed by atoms with Crippen molar-refractivity contribution in [1.29, 1.82) is 0 Å². The Balaban J connectivity index is 3.08. The van der Waals surface area contributed by atoms with Crippen molar-refractivity contribution in [1.82, 2.24) is 5.32 Å². The van der Waals surface area contributed by atoms with Crippen molar-refractivity contribution in [2.24, 2.45) is 0 Å². The minimum atomic E-state index is -4.50. The Bertz CT molecular complexity index is 617. The van der Waals surface area contributed by atoms with Crippen LogP contribution in [0.3, 0.4) is 0 Å². The number of carboxylic acid groups (broad SMARTS) is 1. The van der Waals surface area contributed by atoms with Crippen molar-refractivity contribution in [2.75, 3.05) is 5.75 Å². The fourth-order valence-electron chi connectivity index (χ4n) is 1.91. The molecule has 0 aliphatic heterocycles. The van der Waals surface area contributed by atoms with Gasteiger partial charge in [0.1, 0.15) is 0 Å². The number of aryl methyl sites for hydroxylation is 2. The molecule has 0 heterocycles. The monoisotopic (exact) mass is 301 g/mol. The van der Waals surface area contributed by atoms with Crippen molar-refractivity contribution in [2.45, 2.75) is 19.9 Å². The van der Waals surface area contributed by atoms with E-state index >= 15 is 0 Å². The van der Waals surface area contributed by atoms with Crippen LogP contribution >= 0.6 is 0 Å². The second kappa shape index (κ2) is 6.02. The molecule has 0 fully saturated rings.